The van der Waals surface area contributed by atoms with Crippen LogP contribution in [0.3, 0.4) is 0 Å². The second kappa shape index (κ2) is 4.64. The van der Waals surface area contributed by atoms with Gasteiger partial charge in [-0.25, -0.2) is 0 Å². The summed E-state index contributed by atoms with van der Waals surface area (Å²) in [6.45, 7) is 2.40. The Morgan fingerprint density at radius 2 is 1.94 bits per heavy atom. The van der Waals surface area contributed by atoms with Crippen LogP contribution in [0.5, 0.6) is 0 Å². The smallest absolute Gasteiger partial charge is 0.0659 e. The molecule has 0 saturated heterocycles. The van der Waals surface area contributed by atoms with Crippen LogP contribution in [-0.4, -0.2) is 4.98 Å². The highest BCUT2D eigenvalue weighted by Gasteiger charge is 2.23. The Bertz CT molecular complexity index is 515. The van der Waals surface area contributed by atoms with Crippen molar-refractivity contribution in [3.05, 3.63) is 28.4 Å². The van der Waals surface area contributed by atoms with E-state index in [1.807, 2.05) is 0 Å². The predicted molar refractivity (Wildman–Crippen MR) is 72.0 cm³/mol. The molecule has 0 aromatic carbocycles. The summed E-state index contributed by atoms with van der Waals surface area (Å²) in [4.78, 5) is 4.64. The van der Waals surface area contributed by atoms with Crippen LogP contribution in [0.1, 0.15) is 56.9 Å². The van der Waals surface area contributed by atoms with Gasteiger partial charge in [-0.1, -0.05) is 38.3 Å². The van der Waals surface area contributed by atoms with Gasteiger partial charge in [0.15, 0.2) is 0 Å². The van der Waals surface area contributed by atoms with Gasteiger partial charge in [0, 0.05) is 6.20 Å². The Morgan fingerprint density at radius 3 is 2.82 bits per heavy atom. The molecule has 17 heavy (non-hydrogen) atoms. The molecule has 0 radical (unpaired) electrons. The van der Waals surface area contributed by atoms with Crippen molar-refractivity contribution < 1.29 is 0 Å². The second-order valence-electron chi connectivity index (χ2n) is 5.60. The largest absolute Gasteiger partial charge is 0.256 e. The molecule has 90 valence electrons. The van der Waals surface area contributed by atoms with Gasteiger partial charge in [0.2, 0.25) is 0 Å². The van der Waals surface area contributed by atoms with Crippen molar-refractivity contribution in [1.82, 2.24) is 4.98 Å². The van der Waals surface area contributed by atoms with E-state index in [1.54, 1.807) is 0 Å². The van der Waals surface area contributed by atoms with E-state index in [4.69, 9.17) is 0 Å². The Balaban J connectivity index is 1.99. The van der Waals surface area contributed by atoms with Crippen LogP contribution in [0.2, 0.25) is 0 Å². The molecule has 1 unspecified atom stereocenters. The molecule has 1 fully saturated rings. The number of rotatable bonds is 1. The standard InChI is InChI=1S/C16H21N/c1-12-6-2-4-8-15(12)14-10-13-7-3-5-9-16(13)17-11-14/h7,9-12,15H,2-6,8H2,1H3/t12-,15?/m0/s1. The van der Waals surface area contributed by atoms with Crippen LogP contribution < -0.4 is 10.6 Å². The minimum atomic E-state index is 0.747. The highest BCUT2D eigenvalue weighted by molar-refractivity contribution is 5.37. The minimum absolute atomic E-state index is 0.747. The fourth-order valence-corrected chi connectivity index (χ4v) is 3.32. The quantitative estimate of drug-likeness (QED) is 0.719. The SMILES string of the molecule is C[C@H]1CCCCC1c1cnc2c(c1)=CCCC=2. The Labute approximate surface area is 103 Å². The van der Waals surface area contributed by atoms with E-state index >= 15 is 0 Å². The van der Waals surface area contributed by atoms with Gasteiger partial charge in [-0.3, -0.25) is 4.98 Å². The van der Waals surface area contributed by atoms with E-state index in [9.17, 15) is 0 Å². The molecule has 0 spiro atoms. The first-order valence-corrected chi connectivity index (χ1v) is 7.01. The van der Waals surface area contributed by atoms with E-state index in [0.717, 1.165) is 18.3 Å². The fourth-order valence-electron chi connectivity index (χ4n) is 3.32. The van der Waals surface area contributed by atoms with Crippen LogP contribution in [0.15, 0.2) is 12.3 Å². The number of hydrogen-bond acceptors (Lipinski definition) is 1. The maximum absolute atomic E-state index is 4.64. The molecule has 1 nitrogen and oxygen atoms in total. The maximum Gasteiger partial charge on any atom is 0.0659 e. The minimum Gasteiger partial charge on any atom is -0.256 e. The molecule has 0 bridgehead atoms. The summed E-state index contributed by atoms with van der Waals surface area (Å²) in [6.07, 6.45) is 14.6. The summed E-state index contributed by atoms with van der Waals surface area (Å²) in [6, 6.07) is 2.39. The van der Waals surface area contributed by atoms with Crippen LogP contribution in [0.25, 0.3) is 12.2 Å². The molecule has 1 aromatic heterocycles. The molecule has 2 atom stereocenters. The summed E-state index contributed by atoms with van der Waals surface area (Å²) in [7, 11) is 0. The third-order valence-corrected chi connectivity index (χ3v) is 4.38. The monoisotopic (exact) mass is 227 g/mol. The lowest BCUT2D eigenvalue weighted by molar-refractivity contribution is 0.330. The molecule has 2 aliphatic carbocycles. The van der Waals surface area contributed by atoms with Crippen molar-refractivity contribution in [2.75, 3.05) is 0 Å². The van der Waals surface area contributed by atoms with Crippen molar-refractivity contribution in [2.24, 2.45) is 5.92 Å². The summed E-state index contributed by atoms with van der Waals surface area (Å²) in [5.74, 6) is 1.58. The lowest BCUT2D eigenvalue weighted by Gasteiger charge is -2.28. The average molecular weight is 227 g/mol. The van der Waals surface area contributed by atoms with E-state index in [2.05, 4.69) is 36.3 Å². The number of aromatic nitrogens is 1. The van der Waals surface area contributed by atoms with Crippen LogP contribution in [-0.2, 0) is 0 Å². The molecular formula is C16H21N. The molecule has 2 aliphatic rings. The van der Waals surface area contributed by atoms with E-state index in [1.165, 1.54) is 48.2 Å². The molecule has 0 amide bonds. The summed E-state index contributed by atoms with van der Waals surface area (Å²) >= 11 is 0. The molecule has 1 heteroatoms. The van der Waals surface area contributed by atoms with Crippen molar-refractivity contribution in [3.63, 3.8) is 0 Å². The van der Waals surface area contributed by atoms with Gasteiger partial charge in [-0.15, -0.1) is 0 Å². The van der Waals surface area contributed by atoms with Crippen molar-refractivity contribution in [1.29, 1.82) is 0 Å². The van der Waals surface area contributed by atoms with Crippen LogP contribution >= 0.6 is 0 Å². The first kappa shape index (κ1) is 11.0. The highest BCUT2D eigenvalue weighted by atomic mass is 14.6. The maximum atomic E-state index is 4.64. The van der Waals surface area contributed by atoms with Crippen molar-refractivity contribution >= 4 is 12.2 Å². The molecule has 1 heterocycles. The Kier molecular flexibility index (Phi) is 3.00. The summed E-state index contributed by atoms with van der Waals surface area (Å²) in [5, 5.41) is 2.56. The third kappa shape index (κ3) is 2.15. The first-order valence-electron chi connectivity index (χ1n) is 7.01. The lowest BCUT2D eigenvalue weighted by Crippen LogP contribution is -2.31. The Morgan fingerprint density at radius 1 is 1.12 bits per heavy atom. The zero-order chi connectivity index (χ0) is 11.7. The van der Waals surface area contributed by atoms with Crippen LogP contribution in [0.4, 0.5) is 0 Å². The van der Waals surface area contributed by atoms with Gasteiger partial charge >= 0.3 is 0 Å². The first-order chi connectivity index (χ1) is 8.34. The van der Waals surface area contributed by atoms with Gasteiger partial charge in [-0.05, 0) is 47.9 Å². The van der Waals surface area contributed by atoms with Gasteiger partial charge in [0.1, 0.15) is 0 Å². The second-order valence-corrected chi connectivity index (χ2v) is 5.60. The van der Waals surface area contributed by atoms with Gasteiger partial charge in [0.25, 0.3) is 0 Å². The molecular weight excluding hydrogens is 206 g/mol. The van der Waals surface area contributed by atoms with Crippen LogP contribution in [0, 0.1) is 5.92 Å². The van der Waals surface area contributed by atoms with E-state index in [-0.39, 0.29) is 0 Å². The summed E-state index contributed by atoms with van der Waals surface area (Å²) < 4.78 is 0. The predicted octanol–water partition coefficient (Wildman–Crippen LogP) is 2.73. The number of hydrogen-bond donors (Lipinski definition) is 0. The van der Waals surface area contributed by atoms with E-state index in [0.29, 0.717) is 0 Å². The van der Waals surface area contributed by atoms with Crippen molar-refractivity contribution in [3.8, 4) is 0 Å². The zero-order valence-electron chi connectivity index (χ0n) is 10.7. The molecule has 0 N–H and O–H groups in total. The lowest BCUT2D eigenvalue weighted by atomic mass is 9.77. The molecule has 3 rings (SSSR count). The highest BCUT2D eigenvalue weighted by Crippen LogP contribution is 2.36. The Hall–Kier alpha value is -1.11. The fraction of sp³-hybridized carbons (Fsp3) is 0.562. The summed E-state index contributed by atoms with van der Waals surface area (Å²) in [5.41, 5.74) is 1.47. The zero-order valence-corrected chi connectivity index (χ0v) is 10.7. The van der Waals surface area contributed by atoms with Crippen molar-refractivity contribution in [2.45, 2.75) is 51.4 Å². The van der Waals surface area contributed by atoms with Gasteiger partial charge in [0.05, 0.1) is 5.35 Å². The van der Waals surface area contributed by atoms with Gasteiger partial charge in [-0.2, -0.15) is 0 Å². The number of nitrogens with zero attached hydrogens (tertiary/aromatic N) is 1. The average Bonchev–Trinajstić information content (AvgIpc) is 2.39. The number of fused-ring (bicyclic) bond motifs is 1. The molecule has 1 saturated carbocycles. The molecule has 0 aliphatic heterocycles. The third-order valence-electron chi connectivity index (χ3n) is 4.38. The topological polar surface area (TPSA) is 12.9 Å². The van der Waals surface area contributed by atoms with Gasteiger partial charge < -0.3 is 0 Å². The molecule has 1 aromatic rings. The van der Waals surface area contributed by atoms with E-state index < -0.39 is 0 Å². The normalized spacial score (nSPS) is 27.8. The number of pyridine rings is 1.